The molecule has 1 saturated heterocycles. The lowest BCUT2D eigenvalue weighted by atomic mass is 9.94. The normalized spacial score (nSPS) is 22.9. The smallest absolute Gasteiger partial charge is 0.243 e. The summed E-state index contributed by atoms with van der Waals surface area (Å²) in [5.41, 5.74) is 0. The molecule has 1 aliphatic rings. The zero-order valence-corrected chi connectivity index (χ0v) is 15.3. The van der Waals surface area contributed by atoms with E-state index in [1.807, 2.05) is 27.7 Å². The minimum Gasteiger partial charge on any atom is -0.351 e. The number of carbonyl (C=O) groups excluding carboxylic acids is 2. The Balaban J connectivity index is 0.00000441. The van der Waals surface area contributed by atoms with E-state index in [-0.39, 0.29) is 36.2 Å². The third kappa shape index (κ3) is 6.97. The van der Waals surface area contributed by atoms with Crippen molar-refractivity contribution in [2.45, 2.75) is 59.5 Å². The quantitative estimate of drug-likeness (QED) is 0.693. The van der Waals surface area contributed by atoms with Crippen molar-refractivity contribution in [3.8, 4) is 0 Å². The van der Waals surface area contributed by atoms with Gasteiger partial charge in [-0.1, -0.05) is 34.6 Å². The van der Waals surface area contributed by atoms with Crippen LogP contribution in [0.4, 0.5) is 0 Å². The van der Waals surface area contributed by atoms with E-state index in [0.717, 1.165) is 19.5 Å². The summed E-state index contributed by atoms with van der Waals surface area (Å²) in [6.45, 7) is 11.9. The monoisotopic (exact) mass is 333 g/mol. The molecule has 3 unspecified atom stereocenters. The first-order valence-corrected chi connectivity index (χ1v) is 8.11. The number of amides is 2. The summed E-state index contributed by atoms with van der Waals surface area (Å²) < 4.78 is 0. The lowest BCUT2D eigenvalue weighted by Crippen LogP contribution is -2.55. The summed E-state index contributed by atoms with van der Waals surface area (Å²) in [7, 11) is 0. The minimum atomic E-state index is -0.446. The molecule has 5 nitrogen and oxygen atoms in total. The molecule has 2 amide bonds. The second-order valence-electron chi connectivity index (χ2n) is 6.97. The highest BCUT2D eigenvalue weighted by Crippen LogP contribution is 2.12. The molecule has 130 valence electrons. The molecule has 1 rings (SSSR count). The van der Waals surface area contributed by atoms with Gasteiger partial charge in [0.05, 0.1) is 0 Å². The molecule has 0 bridgehead atoms. The van der Waals surface area contributed by atoms with Gasteiger partial charge in [0.15, 0.2) is 0 Å². The third-order valence-electron chi connectivity index (χ3n) is 3.97. The molecule has 0 aromatic heterocycles. The maximum Gasteiger partial charge on any atom is 0.243 e. The predicted molar refractivity (Wildman–Crippen MR) is 92.1 cm³/mol. The van der Waals surface area contributed by atoms with Crippen molar-refractivity contribution in [2.75, 3.05) is 13.1 Å². The van der Waals surface area contributed by atoms with Gasteiger partial charge >= 0.3 is 0 Å². The second-order valence-corrected chi connectivity index (χ2v) is 6.97. The van der Waals surface area contributed by atoms with Crippen LogP contribution in [0.15, 0.2) is 0 Å². The van der Waals surface area contributed by atoms with Crippen LogP contribution < -0.4 is 16.0 Å². The van der Waals surface area contributed by atoms with Gasteiger partial charge in [0.25, 0.3) is 0 Å². The number of hydrogen-bond donors (Lipinski definition) is 3. The standard InChI is InChI=1S/C16H31N3O2.ClH/c1-10(2)8-14(20)19-15(11(3)4)16(21)18-13-6-7-17-9-12(13)5;/h10-13,15,17H,6-9H2,1-5H3,(H,18,21)(H,19,20);1H. The van der Waals surface area contributed by atoms with Crippen LogP contribution in [0, 0.1) is 17.8 Å². The van der Waals surface area contributed by atoms with Crippen LogP contribution >= 0.6 is 12.4 Å². The summed E-state index contributed by atoms with van der Waals surface area (Å²) in [5.74, 6) is 0.698. The molecule has 6 heteroatoms. The van der Waals surface area contributed by atoms with Gasteiger partial charge in [-0.3, -0.25) is 9.59 Å². The highest BCUT2D eigenvalue weighted by atomic mass is 35.5. The lowest BCUT2D eigenvalue weighted by molar-refractivity contribution is -0.131. The number of hydrogen-bond acceptors (Lipinski definition) is 3. The van der Waals surface area contributed by atoms with Gasteiger partial charge in [-0.05, 0) is 37.3 Å². The fraction of sp³-hybridized carbons (Fsp3) is 0.875. The second kappa shape index (κ2) is 10.1. The van der Waals surface area contributed by atoms with Gasteiger partial charge < -0.3 is 16.0 Å². The molecule has 0 radical (unpaired) electrons. The summed E-state index contributed by atoms with van der Waals surface area (Å²) >= 11 is 0. The summed E-state index contributed by atoms with van der Waals surface area (Å²) in [6, 6.07) is -0.250. The molecule has 1 aliphatic heterocycles. The van der Waals surface area contributed by atoms with Crippen molar-refractivity contribution in [2.24, 2.45) is 17.8 Å². The fourth-order valence-corrected chi connectivity index (χ4v) is 2.64. The van der Waals surface area contributed by atoms with Gasteiger partial charge in [-0.15, -0.1) is 12.4 Å². The molecule has 0 saturated carbocycles. The van der Waals surface area contributed by atoms with Crippen LogP contribution in [0.5, 0.6) is 0 Å². The SMILES string of the molecule is CC(C)CC(=O)NC(C(=O)NC1CCNCC1C)C(C)C.Cl. The molecule has 0 spiro atoms. The molecule has 0 aromatic rings. The van der Waals surface area contributed by atoms with Crippen molar-refractivity contribution in [1.29, 1.82) is 0 Å². The van der Waals surface area contributed by atoms with Crippen LogP contribution in [-0.4, -0.2) is 37.0 Å². The Morgan fingerprint density at radius 1 is 1.23 bits per heavy atom. The fourth-order valence-electron chi connectivity index (χ4n) is 2.64. The molecule has 3 N–H and O–H groups in total. The van der Waals surface area contributed by atoms with Crippen molar-refractivity contribution < 1.29 is 9.59 Å². The average molecular weight is 334 g/mol. The van der Waals surface area contributed by atoms with Gasteiger partial charge in [0.1, 0.15) is 6.04 Å². The van der Waals surface area contributed by atoms with E-state index in [4.69, 9.17) is 0 Å². The van der Waals surface area contributed by atoms with E-state index >= 15 is 0 Å². The molecule has 0 aromatic carbocycles. The van der Waals surface area contributed by atoms with E-state index in [0.29, 0.717) is 18.3 Å². The molecule has 3 atom stereocenters. The van der Waals surface area contributed by atoms with E-state index in [9.17, 15) is 9.59 Å². The van der Waals surface area contributed by atoms with Crippen molar-refractivity contribution in [1.82, 2.24) is 16.0 Å². The van der Waals surface area contributed by atoms with Crippen LogP contribution in [0.2, 0.25) is 0 Å². The van der Waals surface area contributed by atoms with Gasteiger partial charge in [-0.25, -0.2) is 0 Å². The Kier molecular flexibility index (Phi) is 9.69. The number of halogens is 1. The summed E-state index contributed by atoms with van der Waals surface area (Å²) in [4.78, 5) is 24.4. The van der Waals surface area contributed by atoms with Gasteiger partial charge in [-0.2, -0.15) is 0 Å². The number of piperidine rings is 1. The summed E-state index contributed by atoms with van der Waals surface area (Å²) in [6.07, 6.45) is 1.40. The largest absolute Gasteiger partial charge is 0.351 e. The first-order valence-electron chi connectivity index (χ1n) is 8.11. The van der Waals surface area contributed by atoms with Gasteiger partial charge in [0.2, 0.25) is 11.8 Å². The van der Waals surface area contributed by atoms with Crippen LogP contribution in [-0.2, 0) is 9.59 Å². The van der Waals surface area contributed by atoms with Crippen LogP contribution in [0.1, 0.15) is 47.5 Å². The maximum atomic E-state index is 12.5. The van der Waals surface area contributed by atoms with E-state index in [2.05, 4.69) is 22.9 Å². The molecular weight excluding hydrogens is 302 g/mol. The van der Waals surface area contributed by atoms with Crippen molar-refractivity contribution >= 4 is 24.2 Å². The highest BCUT2D eigenvalue weighted by molar-refractivity contribution is 5.88. The molecular formula is C16H32ClN3O2. The van der Waals surface area contributed by atoms with E-state index in [1.165, 1.54) is 0 Å². The Bertz CT molecular complexity index is 361. The van der Waals surface area contributed by atoms with E-state index < -0.39 is 6.04 Å². The predicted octanol–water partition coefficient (Wildman–Crippen LogP) is 1.71. The van der Waals surface area contributed by atoms with Crippen LogP contribution in [0.25, 0.3) is 0 Å². The highest BCUT2D eigenvalue weighted by Gasteiger charge is 2.29. The van der Waals surface area contributed by atoms with Crippen molar-refractivity contribution in [3.63, 3.8) is 0 Å². The first kappa shape index (κ1) is 21.2. The number of nitrogens with one attached hydrogen (secondary N) is 3. The maximum absolute atomic E-state index is 12.5. The molecule has 22 heavy (non-hydrogen) atoms. The van der Waals surface area contributed by atoms with Gasteiger partial charge in [0, 0.05) is 12.5 Å². The molecule has 0 aliphatic carbocycles. The zero-order chi connectivity index (χ0) is 16.0. The first-order chi connectivity index (χ1) is 9.81. The minimum absolute atomic E-state index is 0. The van der Waals surface area contributed by atoms with E-state index in [1.54, 1.807) is 0 Å². The Morgan fingerprint density at radius 3 is 2.36 bits per heavy atom. The summed E-state index contributed by atoms with van der Waals surface area (Å²) in [5, 5.41) is 9.32. The topological polar surface area (TPSA) is 70.2 Å². The average Bonchev–Trinajstić information content (AvgIpc) is 2.37. The zero-order valence-electron chi connectivity index (χ0n) is 14.4. The third-order valence-corrected chi connectivity index (χ3v) is 3.97. The van der Waals surface area contributed by atoms with Crippen LogP contribution in [0.3, 0.4) is 0 Å². The van der Waals surface area contributed by atoms with Crippen molar-refractivity contribution in [3.05, 3.63) is 0 Å². The lowest BCUT2D eigenvalue weighted by Gasteiger charge is -2.32. The molecule has 1 fully saturated rings. The number of carbonyl (C=O) groups is 2. The molecule has 1 heterocycles. The Morgan fingerprint density at radius 2 is 1.86 bits per heavy atom. The Labute approximate surface area is 140 Å². The Hall–Kier alpha value is -0.810. The number of rotatable bonds is 6.